The lowest BCUT2D eigenvalue weighted by Crippen LogP contribution is -2.50. The Morgan fingerprint density at radius 2 is 1.42 bits per heavy atom. The number of carbonyl (C=O) groups excluding carboxylic acids is 1. The summed E-state index contributed by atoms with van der Waals surface area (Å²) in [5, 5.41) is 0. The zero-order valence-corrected chi connectivity index (χ0v) is 23.2. The molecule has 43 heavy (non-hydrogen) atoms. The van der Waals surface area contributed by atoms with E-state index in [4.69, 9.17) is 0 Å². The first-order valence-electron chi connectivity index (χ1n) is 13.4. The van der Waals surface area contributed by atoms with Crippen molar-refractivity contribution in [2.24, 2.45) is 5.92 Å². The molecule has 1 saturated heterocycles. The molecule has 0 bridgehead atoms. The van der Waals surface area contributed by atoms with Crippen LogP contribution in [0.25, 0.3) is 0 Å². The molecule has 1 saturated carbocycles. The lowest BCUT2D eigenvalue weighted by atomic mass is 9.88. The molecule has 1 amide bonds. The Labute approximate surface area is 241 Å². The van der Waals surface area contributed by atoms with E-state index in [-0.39, 0.29) is 36.6 Å². The maximum atomic E-state index is 14.7. The van der Waals surface area contributed by atoms with Gasteiger partial charge in [0.2, 0.25) is 5.91 Å². The number of hydrogen-bond acceptors (Lipinski definition) is 3. The number of nitrogens with zero attached hydrogens (tertiary/aromatic N) is 1. The molecule has 2 aliphatic rings. The predicted octanol–water partition coefficient (Wildman–Crippen LogP) is 7.56. The number of hydrogen-bond donors (Lipinski definition) is 0. The molecule has 2 aromatic rings. The largest absolute Gasteiger partial charge is 0.435 e. The molecule has 4 nitrogen and oxygen atoms in total. The zero-order valence-electron chi connectivity index (χ0n) is 22.4. The minimum atomic E-state index is -6.40. The van der Waals surface area contributed by atoms with Crippen LogP contribution in [-0.4, -0.2) is 50.8 Å². The van der Waals surface area contributed by atoms with E-state index in [1.165, 1.54) is 4.90 Å². The lowest BCUT2D eigenvalue weighted by molar-refractivity contribution is -0.348. The summed E-state index contributed by atoms with van der Waals surface area (Å²) in [6.45, 7) is -0.691. The first-order valence-corrected chi connectivity index (χ1v) is 14.8. The van der Waals surface area contributed by atoms with Crippen LogP contribution in [0.5, 0.6) is 0 Å². The van der Waals surface area contributed by atoms with E-state index in [1.807, 2.05) is 0 Å². The molecule has 1 unspecified atom stereocenters. The van der Waals surface area contributed by atoms with Gasteiger partial charge in [-0.1, -0.05) is 55.7 Å². The molecule has 0 aromatic heterocycles. The van der Waals surface area contributed by atoms with Gasteiger partial charge in [0.15, 0.2) is 9.84 Å². The minimum absolute atomic E-state index is 0.142. The van der Waals surface area contributed by atoms with Gasteiger partial charge in [-0.3, -0.25) is 4.79 Å². The van der Waals surface area contributed by atoms with Crippen LogP contribution in [0.1, 0.15) is 55.2 Å². The van der Waals surface area contributed by atoms with Crippen molar-refractivity contribution >= 4 is 15.7 Å². The molecule has 238 valence electrons. The van der Waals surface area contributed by atoms with Gasteiger partial charge in [0.05, 0.1) is 11.3 Å². The average Bonchev–Trinajstić information content (AvgIpc) is 3.38. The van der Waals surface area contributed by atoms with Gasteiger partial charge in [-0.25, -0.2) is 12.8 Å². The predicted molar refractivity (Wildman–Crippen MR) is 134 cm³/mol. The van der Waals surface area contributed by atoms with Crippen molar-refractivity contribution < 1.29 is 57.1 Å². The second-order valence-corrected chi connectivity index (χ2v) is 13.3. The highest BCUT2D eigenvalue weighted by molar-refractivity contribution is 7.92. The maximum absolute atomic E-state index is 14.7. The SMILES string of the molecule is O=C(C1CCCCC1)N1CCC(c2ccc(C(F)(C(F)(F)F)C(F)(F)F)cc2)(S(=O)(=O)c2cccc(CC(F)(F)F)c2)C1. The number of alkyl halides is 10. The van der Waals surface area contributed by atoms with Gasteiger partial charge in [-0.05, 0) is 42.5 Å². The Kier molecular flexibility index (Phi) is 8.66. The standard InChI is InChI=1S/C28H27F10NO3S/c29-25(30,31)16-18-5-4-8-22(15-18)43(41,42)24(13-14-39(17-24)23(40)19-6-2-1-3-7-19)20-9-11-21(12-10-20)26(32,27(33,34)35)28(36,37)38/h4-5,8-12,15,19H,1-3,6-7,13-14,16-17H2. The third-order valence-corrected chi connectivity index (χ3v) is 10.7. The molecule has 2 aromatic carbocycles. The number of likely N-dealkylation sites (tertiary alicyclic amines) is 1. The Morgan fingerprint density at radius 3 is 1.95 bits per heavy atom. The summed E-state index contributed by atoms with van der Waals surface area (Å²) in [6.07, 6.45) is -15.7. The molecular formula is C28H27F10NO3S. The van der Waals surface area contributed by atoms with E-state index in [9.17, 15) is 57.1 Å². The second-order valence-electron chi connectivity index (χ2n) is 11.0. The van der Waals surface area contributed by atoms with E-state index >= 15 is 0 Å². The van der Waals surface area contributed by atoms with Crippen LogP contribution in [0, 0.1) is 5.92 Å². The van der Waals surface area contributed by atoms with E-state index < -0.39 is 73.7 Å². The fraction of sp³-hybridized carbons (Fsp3) is 0.536. The summed E-state index contributed by atoms with van der Waals surface area (Å²) in [7, 11) is -4.73. The highest BCUT2D eigenvalue weighted by atomic mass is 32.2. The average molecular weight is 648 g/mol. The van der Waals surface area contributed by atoms with Crippen molar-refractivity contribution in [2.45, 2.75) is 78.8 Å². The highest BCUT2D eigenvalue weighted by Crippen LogP contribution is 2.54. The van der Waals surface area contributed by atoms with Crippen molar-refractivity contribution in [2.75, 3.05) is 13.1 Å². The monoisotopic (exact) mass is 647 g/mol. The van der Waals surface area contributed by atoms with Crippen molar-refractivity contribution in [3.05, 3.63) is 65.2 Å². The number of rotatable bonds is 6. The number of sulfone groups is 1. The summed E-state index contributed by atoms with van der Waals surface area (Å²) < 4.78 is 160. The highest BCUT2D eigenvalue weighted by Gasteiger charge is 2.73. The van der Waals surface area contributed by atoms with Gasteiger partial charge in [0.1, 0.15) is 4.75 Å². The summed E-state index contributed by atoms with van der Waals surface area (Å²) >= 11 is 0. The van der Waals surface area contributed by atoms with Gasteiger partial charge >= 0.3 is 24.2 Å². The maximum Gasteiger partial charge on any atom is 0.435 e. The quantitative estimate of drug-likeness (QED) is 0.304. The topological polar surface area (TPSA) is 54.5 Å². The molecule has 0 spiro atoms. The summed E-state index contributed by atoms with van der Waals surface area (Å²) in [4.78, 5) is 14.0. The molecule has 0 radical (unpaired) electrons. The lowest BCUT2D eigenvalue weighted by Gasteiger charge is -2.33. The summed E-state index contributed by atoms with van der Waals surface area (Å²) in [5.41, 5.74) is -8.31. The van der Waals surface area contributed by atoms with Gasteiger partial charge in [-0.2, -0.15) is 39.5 Å². The van der Waals surface area contributed by atoms with E-state index in [1.54, 1.807) is 0 Å². The third kappa shape index (κ3) is 6.10. The van der Waals surface area contributed by atoms with E-state index in [0.29, 0.717) is 25.0 Å². The Morgan fingerprint density at radius 1 is 0.837 bits per heavy atom. The smallest absolute Gasteiger partial charge is 0.340 e. The van der Waals surface area contributed by atoms with Crippen LogP contribution < -0.4 is 0 Å². The first-order chi connectivity index (χ1) is 19.7. The van der Waals surface area contributed by atoms with E-state index in [0.717, 1.165) is 43.5 Å². The van der Waals surface area contributed by atoms with Crippen LogP contribution >= 0.6 is 0 Å². The van der Waals surface area contributed by atoms with Crippen LogP contribution in [0.15, 0.2) is 53.4 Å². The normalized spacial score (nSPS) is 21.3. The number of amides is 1. The number of benzene rings is 2. The van der Waals surface area contributed by atoms with Crippen molar-refractivity contribution in [3.8, 4) is 0 Å². The number of halogens is 10. The van der Waals surface area contributed by atoms with Crippen molar-refractivity contribution in [1.82, 2.24) is 4.90 Å². The van der Waals surface area contributed by atoms with E-state index in [2.05, 4.69) is 0 Å². The van der Waals surface area contributed by atoms with Gasteiger partial charge in [-0.15, -0.1) is 0 Å². The van der Waals surface area contributed by atoms with Gasteiger partial charge < -0.3 is 4.90 Å². The third-order valence-electron chi connectivity index (χ3n) is 8.22. The van der Waals surface area contributed by atoms with Crippen molar-refractivity contribution in [1.29, 1.82) is 0 Å². The fourth-order valence-electron chi connectivity index (χ4n) is 5.96. The Bertz CT molecular complexity index is 1410. The molecule has 1 heterocycles. The van der Waals surface area contributed by atoms with Crippen LogP contribution in [0.3, 0.4) is 0 Å². The Balaban J connectivity index is 1.82. The number of carbonyl (C=O) groups is 1. The second kappa shape index (κ2) is 11.3. The van der Waals surface area contributed by atoms with Crippen LogP contribution in [0.2, 0.25) is 0 Å². The van der Waals surface area contributed by atoms with Crippen LogP contribution in [0.4, 0.5) is 43.9 Å². The molecular weight excluding hydrogens is 620 g/mol. The molecule has 1 atom stereocenters. The zero-order chi connectivity index (χ0) is 32.1. The van der Waals surface area contributed by atoms with Gasteiger partial charge in [0, 0.05) is 24.6 Å². The molecule has 1 aliphatic carbocycles. The molecule has 15 heteroatoms. The Hall–Kier alpha value is -2.84. The molecule has 0 N–H and O–H groups in total. The minimum Gasteiger partial charge on any atom is -0.340 e. The molecule has 4 rings (SSSR count). The van der Waals surface area contributed by atoms with Crippen LogP contribution in [-0.2, 0) is 31.5 Å². The first kappa shape index (κ1) is 33.1. The van der Waals surface area contributed by atoms with Gasteiger partial charge in [0.25, 0.3) is 0 Å². The summed E-state index contributed by atoms with van der Waals surface area (Å²) in [5.74, 6) is -0.772. The summed E-state index contributed by atoms with van der Waals surface area (Å²) in [6, 6.07) is 5.60. The fourth-order valence-corrected chi connectivity index (χ4v) is 8.11. The molecule has 2 fully saturated rings. The van der Waals surface area contributed by atoms with Crippen molar-refractivity contribution in [3.63, 3.8) is 0 Å². The molecule has 1 aliphatic heterocycles.